The number of methoxy groups -OCH3 is 1. The van der Waals surface area contributed by atoms with Crippen molar-refractivity contribution in [2.24, 2.45) is 0 Å². The van der Waals surface area contributed by atoms with Crippen molar-refractivity contribution >= 4 is 35.6 Å². The monoisotopic (exact) mass is 260 g/mol. The van der Waals surface area contributed by atoms with Gasteiger partial charge < -0.3 is 4.74 Å². The second kappa shape index (κ2) is 6.44. The van der Waals surface area contributed by atoms with Crippen LogP contribution in [0.25, 0.3) is 0 Å². The van der Waals surface area contributed by atoms with Crippen LogP contribution >= 0.6 is 23.4 Å². The predicted octanol–water partition coefficient (Wildman–Crippen LogP) is 1.60. The van der Waals surface area contributed by atoms with Crippen molar-refractivity contribution in [1.29, 1.82) is 0 Å². The molecule has 0 bridgehead atoms. The lowest BCUT2D eigenvalue weighted by Gasteiger charge is -2.03. The molecule has 0 aliphatic carbocycles. The second-order valence-corrected chi connectivity index (χ2v) is 4.12. The molecule has 0 spiro atoms. The van der Waals surface area contributed by atoms with E-state index in [0.29, 0.717) is 17.1 Å². The van der Waals surface area contributed by atoms with Crippen LogP contribution in [0.2, 0.25) is 5.15 Å². The third-order valence-corrected chi connectivity index (χ3v) is 3.00. The van der Waals surface area contributed by atoms with E-state index in [0.717, 1.165) is 0 Å². The van der Waals surface area contributed by atoms with Crippen LogP contribution in [-0.2, 0) is 9.53 Å². The Labute approximate surface area is 102 Å². The van der Waals surface area contributed by atoms with Crippen LogP contribution in [0.5, 0.6) is 0 Å². The summed E-state index contributed by atoms with van der Waals surface area (Å²) in [6.45, 7) is 0. The Morgan fingerprint density at radius 1 is 1.62 bits per heavy atom. The molecule has 1 aromatic rings. The first-order valence-electron chi connectivity index (χ1n) is 4.34. The highest BCUT2D eigenvalue weighted by atomic mass is 35.5. The summed E-state index contributed by atoms with van der Waals surface area (Å²) in [5, 5.41) is 0.587. The number of halogens is 1. The van der Waals surface area contributed by atoms with Crippen molar-refractivity contribution in [3.8, 4) is 0 Å². The van der Waals surface area contributed by atoms with E-state index in [9.17, 15) is 9.59 Å². The quantitative estimate of drug-likeness (QED) is 0.347. The summed E-state index contributed by atoms with van der Waals surface area (Å²) in [4.78, 5) is 29.2. The Morgan fingerprint density at radius 2 is 2.38 bits per heavy atom. The number of esters is 1. The smallest absolute Gasteiger partial charge is 0.306 e. The highest BCUT2D eigenvalue weighted by Gasteiger charge is 2.10. The number of rotatable bonds is 5. The topological polar surface area (TPSA) is 69.2 Å². The maximum atomic E-state index is 10.9. The summed E-state index contributed by atoms with van der Waals surface area (Å²) in [7, 11) is 1.32. The lowest BCUT2D eigenvalue weighted by molar-refractivity contribution is -0.140. The SMILES string of the molecule is COC(=O)CCSc1ncnc(Cl)c1C=O. The van der Waals surface area contributed by atoms with Crippen molar-refractivity contribution in [1.82, 2.24) is 9.97 Å². The highest BCUT2D eigenvalue weighted by Crippen LogP contribution is 2.23. The molecular weight excluding hydrogens is 252 g/mol. The van der Waals surface area contributed by atoms with Gasteiger partial charge in [-0.3, -0.25) is 9.59 Å². The number of hydrogen-bond acceptors (Lipinski definition) is 6. The van der Waals surface area contributed by atoms with E-state index < -0.39 is 0 Å². The number of ether oxygens (including phenoxy) is 1. The van der Waals surface area contributed by atoms with Gasteiger partial charge in [0, 0.05) is 5.75 Å². The first-order valence-corrected chi connectivity index (χ1v) is 5.70. The van der Waals surface area contributed by atoms with Crippen LogP contribution in [0.3, 0.4) is 0 Å². The minimum absolute atomic E-state index is 0.116. The zero-order valence-electron chi connectivity index (χ0n) is 8.47. The maximum absolute atomic E-state index is 10.9. The summed E-state index contributed by atoms with van der Waals surface area (Å²) >= 11 is 6.97. The van der Waals surface area contributed by atoms with Crippen LogP contribution in [0.1, 0.15) is 16.8 Å². The molecule has 1 heterocycles. The molecule has 0 amide bonds. The van der Waals surface area contributed by atoms with E-state index in [4.69, 9.17) is 11.6 Å². The zero-order valence-corrected chi connectivity index (χ0v) is 10.0. The Morgan fingerprint density at radius 3 is 3.00 bits per heavy atom. The van der Waals surface area contributed by atoms with Crippen molar-refractivity contribution in [3.63, 3.8) is 0 Å². The number of carbonyl (C=O) groups excluding carboxylic acids is 2. The molecule has 0 unspecified atom stereocenters. The van der Waals surface area contributed by atoms with Crippen LogP contribution in [-0.4, -0.2) is 35.1 Å². The Kier molecular flexibility index (Phi) is 5.21. The lowest BCUT2D eigenvalue weighted by atomic mass is 10.4. The molecule has 0 saturated carbocycles. The van der Waals surface area contributed by atoms with Gasteiger partial charge in [0.05, 0.1) is 19.1 Å². The number of nitrogens with zero attached hydrogens (tertiary/aromatic N) is 2. The molecule has 1 rings (SSSR count). The summed E-state index contributed by atoms with van der Waals surface area (Å²) in [6, 6.07) is 0. The fourth-order valence-corrected chi connectivity index (χ4v) is 2.02. The average molecular weight is 261 g/mol. The van der Waals surface area contributed by atoms with Gasteiger partial charge >= 0.3 is 5.97 Å². The zero-order chi connectivity index (χ0) is 12.0. The van der Waals surface area contributed by atoms with E-state index in [1.165, 1.54) is 25.2 Å². The summed E-state index contributed by atoms with van der Waals surface area (Å²) < 4.78 is 4.49. The Hall–Kier alpha value is -1.14. The molecule has 0 atom stereocenters. The van der Waals surface area contributed by atoms with Gasteiger partial charge in [-0.15, -0.1) is 11.8 Å². The van der Waals surface area contributed by atoms with E-state index in [1.807, 2.05) is 0 Å². The molecule has 0 fully saturated rings. The fourth-order valence-electron chi connectivity index (χ4n) is 0.906. The van der Waals surface area contributed by atoms with Crippen molar-refractivity contribution in [2.75, 3.05) is 12.9 Å². The summed E-state index contributed by atoms with van der Waals surface area (Å²) in [6.07, 6.45) is 2.12. The van der Waals surface area contributed by atoms with E-state index >= 15 is 0 Å². The standard InChI is InChI=1S/C9H9ClN2O3S/c1-15-7(14)2-3-16-9-6(4-13)8(10)11-5-12-9/h4-5H,2-3H2,1H3. The number of aldehydes is 1. The van der Waals surface area contributed by atoms with Gasteiger partial charge in [-0.1, -0.05) is 11.6 Å². The number of thioether (sulfide) groups is 1. The van der Waals surface area contributed by atoms with Gasteiger partial charge in [-0.2, -0.15) is 0 Å². The molecule has 0 aromatic carbocycles. The van der Waals surface area contributed by atoms with E-state index in [-0.39, 0.29) is 23.1 Å². The largest absolute Gasteiger partial charge is 0.469 e. The Balaban J connectivity index is 2.63. The second-order valence-electron chi connectivity index (χ2n) is 2.68. The fraction of sp³-hybridized carbons (Fsp3) is 0.333. The summed E-state index contributed by atoms with van der Waals surface area (Å²) in [5.74, 6) is 0.168. The molecule has 86 valence electrons. The number of carbonyl (C=O) groups is 2. The maximum Gasteiger partial charge on any atom is 0.306 e. The molecule has 7 heteroatoms. The average Bonchev–Trinajstić information content (AvgIpc) is 2.29. The normalized spacial score (nSPS) is 9.88. The molecule has 0 aliphatic heterocycles. The van der Waals surface area contributed by atoms with E-state index in [1.54, 1.807) is 0 Å². The van der Waals surface area contributed by atoms with Crippen LogP contribution in [0.15, 0.2) is 11.4 Å². The molecule has 1 aromatic heterocycles. The third-order valence-electron chi connectivity index (χ3n) is 1.69. The highest BCUT2D eigenvalue weighted by molar-refractivity contribution is 7.99. The minimum atomic E-state index is -0.305. The first kappa shape index (κ1) is 12.9. The molecule has 16 heavy (non-hydrogen) atoms. The predicted molar refractivity (Wildman–Crippen MR) is 59.8 cm³/mol. The van der Waals surface area contributed by atoms with E-state index in [2.05, 4.69) is 14.7 Å². The van der Waals surface area contributed by atoms with Gasteiger partial charge in [0.15, 0.2) is 6.29 Å². The van der Waals surface area contributed by atoms with Crippen LogP contribution < -0.4 is 0 Å². The van der Waals surface area contributed by atoms with Crippen LogP contribution in [0, 0.1) is 0 Å². The molecular formula is C9H9ClN2O3S. The first-order chi connectivity index (χ1) is 7.69. The molecule has 0 N–H and O–H groups in total. The van der Waals surface area contributed by atoms with Gasteiger partial charge in [-0.05, 0) is 0 Å². The van der Waals surface area contributed by atoms with Crippen molar-refractivity contribution in [3.05, 3.63) is 17.0 Å². The molecule has 0 saturated heterocycles. The number of hydrogen-bond donors (Lipinski definition) is 0. The molecule has 0 aliphatic rings. The van der Waals surface area contributed by atoms with Gasteiger partial charge in [0.25, 0.3) is 0 Å². The number of aromatic nitrogens is 2. The van der Waals surface area contributed by atoms with Crippen molar-refractivity contribution < 1.29 is 14.3 Å². The third kappa shape index (κ3) is 3.46. The van der Waals surface area contributed by atoms with Gasteiger partial charge in [0.2, 0.25) is 0 Å². The molecule has 5 nitrogen and oxygen atoms in total. The van der Waals surface area contributed by atoms with Gasteiger partial charge in [0.1, 0.15) is 16.5 Å². The Bertz CT molecular complexity index is 400. The summed E-state index contributed by atoms with van der Waals surface area (Å²) in [5.41, 5.74) is 0.249. The molecule has 0 radical (unpaired) electrons. The lowest BCUT2D eigenvalue weighted by Crippen LogP contribution is -2.02. The van der Waals surface area contributed by atoms with Crippen molar-refractivity contribution in [2.45, 2.75) is 11.4 Å². The van der Waals surface area contributed by atoms with Crippen LogP contribution in [0.4, 0.5) is 0 Å². The van der Waals surface area contributed by atoms with Gasteiger partial charge in [-0.25, -0.2) is 9.97 Å². The minimum Gasteiger partial charge on any atom is -0.469 e.